The van der Waals surface area contributed by atoms with Crippen molar-refractivity contribution in [2.24, 2.45) is 5.92 Å². The Labute approximate surface area is 124 Å². The van der Waals surface area contributed by atoms with Crippen molar-refractivity contribution < 1.29 is 10.0 Å². The highest BCUT2D eigenvalue weighted by Crippen LogP contribution is 2.25. The van der Waals surface area contributed by atoms with Crippen LogP contribution in [-0.4, -0.2) is 22.2 Å². The van der Waals surface area contributed by atoms with Crippen molar-refractivity contribution in [3.63, 3.8) is 0 Å². The van der Waals surface area contributed by atoms with Crippen LogP contribution in [0.2, 0.25) is 5.02 Å². The van der Waals surface area contributed by atoms with E-state index in [-0.39, 0.29) is 10.7 Å². The Morgan fingerprint density at radius 1 is 1.50 bits per heavy atom. The number of aliphatic hydroxyl groups is 1. The van der Waals surface area contributed by atoms with Gasteiger partial charge in [0.1, 0.15) is 5.02 Å². The summed E-state index contributed by atoms with van der Waals surface area (Å²) < 4.78 is 0. The number of benzene rings is 1. The van der Waals surface area contributed by atoms with Gasteiger partial charge in [-0.1, -0.05) is 31.5 Å². The average molecular weight is 301 g/mol. The number of rotatable bonds is 7. The molecule has 2 N–H and O–H groups in total. The van der Waals surface area contributed by atoms with Crippen LogP contribution in [0.3, 0.4) is 0 Å². The summed E-state index contributed by atoms with van der Waals surface area (Å²) in [5.41, 5.74) is -0.117. The number of halogens is 1. The van der Waals surface area contributed by atoms with Gasteiger partial charge in [0.05, 0.1) is 10.5 Å². The maximum atomic E-state index is 10.8. The van der Waals surface area contributed by atoms with Crippen molar-refractivity contribution in [2.45, 2.75) is 39.3 Å². The zero-order chi connectivity index (χ0) is 15.3. The van der Waals surface area contributed by atoms with Crippen molar-refractivity contribution in [1.29, 1.82) is 0 Å². The van der Waals surface area contributed by atoms with Gasteiger partial charge in [-0.25, -0.2) is 0 Å². The number of hydrogen-bond donors (Lipinski definition) is 2. The Kier molecular flexibility index (Phi) is 5.92. The fourth-order valence-corrected chi connectivity index (χ4v) is 2.42. The standard InChI is InChI=1S/C14H21ClN2O3/c1-10(2)7-14(3,18)9-16-8-11-4-5-12(15)13(6-11)17(19)20/h4-6,10,16,18H,7-9H2,1-3H3. The summed E-state index contributed by atoms with van der Waals surface area (Å²) in [5.74, 6) is 0.406. The predicted octanol–water partition coefficient (Wildman–Crippen LogP) is 3.13. The minimum Gasteiger partial charge on any atom is -0.389 e. The van der Waals surface area contributed by atoms with E-state index in [1.165, 1.54) is 12.1 Å². The SMILES string of the molecule is CC(C)CC(C)(O)CNCc1ccc(Cl)c([N+](=O)[O-])c1. The lowest BCUT2D eigenvalue weighted by Crippen LogP contribution is -2.38. The van der Waals surface area contributed by atoms with E-state index in [0.717, 1.165) is 5.56 Å². The summed E-state index contributed by atoms with van der Waals surface area (Å²) >= 11 is 5.75. The second-order valence-corrected chi connectivity index (χ2v) is 6.15. The Balaban J connectivity index is 2.58. The summed E-state index contributed by atoms with van der Waals surface area (Å²) in [6.45, 7) is 6.77. The second kappa shape index (κ2) is 7.02. The third-order valence-corrected chi connectivity index (χ3v) is 3.21. The van der Waals surface area contributed by atoms with Crippen LogP contribution in [0.5, 0.6) is 0 Å². The van der Waals surface area contributed by atoms with Gasteiger partial charge in [-0.2, -0.15) is 0 Å². The van der Waals surface area contributed by atoms with Crippen LogP contribution in [0.15, 0.2) is 18.2 Å². The molecule has 0 aromatic heterocycles. The molecule has 5 nitrogen and oxygen atoms in total. The normalized spacial score (nSPS) is 14.3. The molecule has 112 valence electrons. The topological polar surface area (TPSA) is 75.4 Å². The molecule has 1 unspecified atom stereocenters. The average Bonchev–Trinajstić information content (AvgIpc) is 2.28. The first-order valence-corrected chi connectivity index (χ1v) is 6.95. The van der Waals surface area contributed by atoms with Crippen molar-refractivity contribution in [1.82, 2.24) is 5.32 Å². The highest BCUT2D eigenvalue weighted by molar-refractivity contribution is 6.32. The fourth-order valence-electron chi connectivity index (χ4n) is 2.24. The maximum Gasteiger partial charge on any atom is 0.288 e. The molecule has 0 aliphatic heterocycles. The number of hydrogen-bond acceptors (Lipinski definition) is 4. The Bertz CT molecular complexity index is 475. The number of nitrogens with zero attached hydrogens (tertiary/aromatic N) is 1. The van der Waals surface area contributed by atoms with Gasteiger partial charge >= 0.3 is 0 Å². The first kappa shape index (κ1) is 16.9. The minimum atomic E-state index is -0.785. The van der Waals surface area contributed by atoms with Crippen LogP contribution >= 0.6 is 11.6 Å². The van der Waals surface area contributed by atoms with Crippen LogP contribution < -0.4 is 5.32 Å². The highest BCUT2D eigenvalue weighted by atomic mass is 35.5. The molecule has 0 radical (unpaired) electrons. The molecule has 1 atom stereocenters. The smallest absolute Gasteiger partial charge is 0.288 e. The molecular weight excluding hydrogens is 280 g/mol. The van der Waals surface area contributed by atoms with Gasteiger partial charge in [0.2, 0.25) is 0 Å². The molecule has 0 spiro atoms. The fraction of sp³-hybridized carbons (Fsp3) is 0.571. The lowest BCUT2D eigenvalue weighted by molar-refractivity contribution is -0.384. The molecule has 0 saturated heterocycles. The van der Waals surface area contributed by atoms with Crippen molar-refractivity contribution in [2.75, 3.05) is 6.54 Å². The van der Waals surface area contributed by atoms with Gasteiger partial charge in [-0.3, -0.25) is 10.1 Å². The van der Waals surface area contributed by atoms with Gasteiger partial charge < -0.3 is 10.4 Å². The van der Waals surface area contributed by atoms with Crippen LogP contribution in [0.25, 0.3) is 0 Å². The first-order valence-electron chi connectivity index (χ1n) is 6.57. The lowest BCUT2D eigenvalue weighted by atomic mass is 9.94. The molecule has 0 saturated carbocycles. The Morgan fingerprint density at radius 3 is 2.70 bits per heavy atom. The molecule has 1 aromatic carbocycles. The third kappa shape index (κ3) is 5.45. The van der Waals surface area contributed by atoms with Gasteiger partial charge in [0.25, 0.3) is 5.69 Å². The van der Waals surface area contributed by atoms with E-state index in [2.05, 4.69) is 19.2 Å². The van der Waals surface area contributed by atoms with E-state index in [0.29, 0.717) is 25.4 Å². The number of nitro benzene ring substituents is 1. The zero-order valence-electron chi connectivity index (χ0n) is 12.0. The number of nitro groups is 1. The van der Waals surface area contributed by atoms with Crippen LogP contribution in [0, 0.1) is 16.0 Å². The van der Waals surface area contributed by atoms with Crippen LogP contribution in [0.1, 0.15) is 32.8 Å². The molecule has 0 heterocycles. The molecule has 0 bridgehead atoms. The molecule has 20 heavy (non-hydrogen) atoms. The van der Waals surface area contributed by atoms with Gasteiger partial charge in [0.15, 0.2) is 0 Å². The van der Waals surface area contributed by atoms with E-state index in [9.17, 15) is 15.2 Å². The maximum absolute atomic E-state index is 10.8. The highest BCUT2D eigenvalue weighted by Gasteiger charge is 2.21. The molecule has 0 fully saturated rings. The largest absolute Gasteiger partial charge is 0.389 e. The first-order chi connectivity index (χ1) is 9.21. The Hall–Kier alpha value is -1.17. The summed E-state index contributed by atoms with van der Waals surface area (Å²) in [5, 5.41) is 24.2. The third-order valence-electron chi connectivity index (χ3n) is 2.89. The molecule has 1 rings (SSSR count). The van der Waals surface area contributed by atoms with E-state index in [4.69, 9.17) is 11.6 Å². The van der Waals surface area contributed by atoms with Crippen LogP contribution in [0.4, 0.5) is 5.69 Å². The lowest BCUT2D eigenvalue weighted by Gasteiger charge is -2.25. The molecule has 6 heteroatoms. The van der Waals surface area contributed by atoms with Crippen LogP contribution in [-0.2, 0) is 6.54 Å². The van der Waals surface area contributed by atoms with Gasteiger partial charge in [-0.15, -0.1) is 0 Å². The molecule has 0 aliphatic rings. The van der Waals surface area contributed by atoms with Crippen molar-refractivity contribution in [3.8, 4) is 0 Å². The van der Waals surface area contributed by atoms with E-state index in [1.807, 2.05) is 0 Å². The van der Waals surface area contributed by atoms with Crippen molar-refractivity contribution >= 4 is 17.3 Å². The van der Waals surface area contributed by atoms with E-state index in [1.54, 1.807) is 13.0 Å². The minimum absolute atomic E-state index is 0.0973. The molecule has 0 aliphatic carbocycles. The Morgan fingerprint density at radius 2 is 2.15 bits per heavy atom. The zero-order valence-corrected chi connectivity index (χ0v) is 12.8. The quantitative estimate of drug-likeness (QED) is 0.599. The van der Waals surface area contributed by atoms with Gasteiger partial charge in [0, 0.05) is 19.2 Å². The summed E-state index contributed by atoms with van der Waals surface area (Å²) in [6.07, 6.45) is 0.695. The van der Waals surface area contributed by atoms with Crippen molar-refractivity contribution in [3.05, 3.63) is 38.9 Å². The molecule has 1 aromatic rings. The monoisotopic (exact) mass is 300 g/mol. The van der Waals surface area contributed by atoms with E-state index >= 15 is 0 Å². The molecular formula is C14H21ClN2O3. The molecule has 0 amide bonds. The summed E-state index contributed by atoms with van der Waals surface area (Å²) in [4.78, 5) is 10.3. The summed E-state index contributed by atoms with van der Waals surface area (Å²) in [6, 6.07) is 4.70. The predicted molar refractivity (Wildman–Crippen MR) is 79.9 cm³/mol. The number of nitrogens with one attached hydrogen (secondary N) is 1. The summed E-state index contributed by atoms with van der Waals surface area (Å²) in [7, 11) is 0. The van der Waals surface area contributed by atoms with Gasteiger partial charge in [-0.05, 0) is 30.9 Å². The van der Waals surface area contributed by atoms with E-state index < -0.39 is 10.5 Å². The second-order valence-electron chi connectivity index (χ2n) is 5.74.